The second-order valence-corrected chi connectivity index (χ2v) is 6.08. The van der Waals surface area contributed by atoms with Crippen molar-refractivity contribution in [1.82, 2.24) is 4.72 Å². The van der Waals surface area contributed by atoms with Gasteiger partial charge < -0.3 is 5.11 Å². The van der Waals surface area contributed by atoms with Gasteiger partial charge in [0.1, 0.15) is 4.90 Å². The summed E-state index contributed by atoms with van der Waals surface area (Å²) >= 11 is 5.72. The molecule has 0 aromatic heterocycles. The Morgan fingerprint density at radius 1 is 1.55 bits per heavy atom. The zero-order chi connectivity index (χ0) is 15.5. The summed E-state index contributed by atoms with van der Waals surface area (Å²) in [5, 5.41) is 19.0. The fourth-order valence-electron chi connectivity index (χ4n) is 1.44. The number of halogens is 1. The average Bonchev–Trinajstić information content (AvgIpc) is 2.26. The van der Waals surface area contributed by atoms with Crippen molar-refractivity contribution < 1.29 is 23.2 Å². The van der Waals surface area contributed by atoms with Crippen molar-refractivity contribution in [3.8, 4) is 0 Å². The second kappa shape index (κ2) is 6.16. The highest BCUT2D eigenvalue weighted by Crippen LogP contribution is 2.26. The molecule has 110 valence electrons. The Labute approximate surface area is 119 Å². The number of carboxylic acids is 1. The molecule has 0 aliphatic carbocycles. The van der Waals surface area contributed by atoms with Crippen LogP contribution in [0.25, 0.3) is 0 Å². The molecular formula is C10H11ClN2O6S. The minimum atomic E-state index is -4.14. The van der Waals surface area contributed by atoms with Gasteiger partial charge >= 0.3 is 5.97 Å². The number of rotatable bonds is 6. The lowest BCUT2D eigenvalue weighted by Crippen LogP contribution is -2.34. The first-order valence-electron chi connectivity index (χ1n) is 5.31. The molecule has 0 bridgehead atoms. The number of hydrogen-bond donors (Lipinski definition) is 2. The normalized spacial score (nSPS) is 12.9. The summed E-state index contributed by atoms with van der Waals surface area (Å²) in [5.74, 6) is -1.18. The van der Waals surface area contributed by atoms with Crippen LogP contribution in [-0.2, 0) is 14.8 Å². The number of benzene rings is 1. The van der Waals surface area contributed by atoms with Crippen LogP contribution in [0.2, 0.25) is 5.02 Å². The summed E-state index contributed by atoms with van der Waals surface area (Å²) < 4.78 is 26.1. The van der Waals surface area contributed by atoms with Crippen molar-refractivity contribution in [2.45, 2.75) is 24.3 Å². The van der Waals surface area contributed by atoms with Crippen molar-refractivity contribution >= 4 is 33.3 Å². The Bertz CT molecular complexity index is 645. The van der Waals surface area contributed by atoms with Crippen molar-refractivity contribution in [2.24, 2.45) is 0 Å². The molecule has 1 unspecified atom stereocenters. The van der Waals surface area contributed by atoms with E-state index in [0.29, 0.717) is 0 Å². The SMILES string of the molecule is CC(CC(=O)O)NS(=O)(=O)c1cc([N+](=O)[O-])ccc1Cl. The molecule has 1 rings (SSSR count). The molecule has 10 heteroatoms. The first-order valence-corrected chi connectivity index (χ1v) is 7.17. The number of non-ortho nitro benzene ring substituents is 1. The van der Waals surface area contributed by atoms with Gasteiger partial charge in [-0.3, -0.25) is 14.9 Å². The molecule has 1 atom stereocenters. The molecule has 0 heterocycles. The van der Waals surface area contributed by atoms with Crippen LogP contribution in [0.3, 0.4) is 0 Å². The fraction of sp³-hybridized carbons (Fsp3) is 0.300. The first-order chi connectivity index (χ1) is 9.13. The zero-order valence-corrected chi connectivity index (χ0v) is 11.8. The number of nitrogens with zero attached hydrogens (tertiary/aromatic N) is 1. The molecule has 8 nitrogen and oxygen atoms in total. The summed E-state index contributed by atoms with van der Waals surface area (Å²) in [6, 6.07) is 2.10. The molecule has 0 radical (unpaired) electrons. The lowest BCUT2D eigenvalue weighted by atomic mass is 10.3. The largest absolute Gasteiger partial charge is 0.481 e. The van der Waals surface area contributed by atoms with E-state index in [1.165, 1.54) is 6.92 Å². The minimum absolute atomic E-state index is 0.189. The highest BCUT2D eigenvalue weighted by molar-refractivity contribution is 7.89. The van der Waals surface area contributed by atoms with E-state index in [4.69, 9.17) is 16.7 Å². The van der Waals surface area contributed by atoms with Crippen molar-refractivity contribution in [1.29, 1.82) is 0 Å². The molecule has 0 aliphatic heterocycles. The lowest BCUT2D eigenvalue weighted by Gasteiger charge is -2.13. The third-order valence-corrected chi connectivity index (χ3v) is 4.32. The number of aliphatic carboxylic acids is 1. The van der Waals surface area contributed by atoms with Gasteiger partial charge in [-0.15, -0.1) is 0 Å². The Morgan fingerprint density at radius 2 is 2.15 bits per heavy atom. The van der Waals surface area contributed by atoms with E-state index < -0.39 is 44.0 Å². The summed E-state index contributed by atoms with van der Waals surface area (Å²) in [4.78, 5) is 19.9. The van der Waals surface area contributed by atoms with E-state index in [-0.39, 0.29) is 5.02 Å². The number of hydrogen-bond acceptors (Lipinski definition) is 5. The van der Waals surface area contributed by atoms with Crippen LogP contribution >= 0.6 is 11.6 Å². The third-order valence-electron chi connectivity index (χ3n) is 2.25. The van der Waals surface area contributed by atoms with E-state index in [2.05, 4.69) is 4.72 Å². The molecule has 2 N–H and O–H groups in total. The Morgan fingerprint density at radius 3 is 2.65 bits per heavy atom. The van der Waals surface area contributed by atoms with Gasteiger partial charge in [0, 0.05) is 18.2 Å². The lowest BCUT2D eigenvalue weighted by molar-refractivity contribution is -0.385. The molecule has 0 saturated carbocycles. The molecular weight excluding hydrogens is 312 g/mol. The molecule has 1 aromatic rings. The number of carbonyl (C=O) groups is 1. The summed E-state index contributed by atoms with van der Waals surface area (Å²) in [6.45, 7) is 1.36. The maximum absolute atomic E-state index is 12.0. The predicted octanol–water partition coefficient (Wildman–Crippen LogP) is 1.39. The van der Waals surface area contributed by atoms with Gasteiger partial charge in [0.05, 0.1) is 16.4 Å². The number of nitro groups is 1. The topological polar surface area (TPSA) is 127 Å². The number of sulfonamides is 1. The van der Waals surface area contributed by atoms with Crippen molar-refractivity contribution in [3.05, 3.63) is 33.3 Å². The standard InChI is InChI=1S/C10H11ClN2O6S/c1-6(4-10(14)15)12-20(18,19)9-5-7(13(16)17)2-3-8(9)11/h2-3,5-6,12H,4H2,1H3,(H,14,15). The zero-order valence-electron chi connectivity index (χ0n) is 10.2. The van der Waals surface area contributed by atoms with Crippen LogP contribution in [0, 0.1) is 10.1 Å². The molecule has 0 spiro atoms. The summed E-state index contributed by atoms with van der Waals surface area (Å²) in [7, 11) is -4.14. The smallest absolute Gasteiger partial charge is 0.304 e. The third kappa shape index (κ3) is 4.15. The Hall–Kier alpha value is -1.71. The number of carboxylic acid groups (broad SMARTS) is 1. The van der Waals surface area contributed by atoms with Crippen LogP contribution in [-0.4, -0.2) is 30.5 Å². The van der Waals surface area contributed by atoms with Crippen molar-refractivity contribution in [3.63, 3.8) is 0 Å². The Balaban J connectivity index is 3.12. The molecule has 1 aromatic carbocycles. The van der Waals surface area contributed by atoms with Gasteiger partial charge in [0.15, 0.2) is 0 Å². The Kier molecular flexibility index (Phi) is 5.03. The van der Waals surface area contributed by atoms with Gasteiger partial charge in [0.2, 0.25) is 10.0 Å². The summed E-state index contributed by atoms with van der Waals surface area (Å²) in [5.41, 5.74) is -0.430. The van der Waals surface area contributed by atoms with Gasteiger partial charge in [-0.05, 0) is 13.0 Å². The van der Waals surface area contributed by atoms with Crippen LogP contribution < -0.4 is 4.72 Å². The number of nitro benzene ring substituents is 1. The first kappa shape index (κ1) is 16.3. The maximum Gasteiger partial charge on any atom is 0.304 e. The fourth-order valence-corrected chi connectivity index (χ4v) is 3.21. The van der Waals surface area contributed by atoms with Crippen LogP contribution in [0.4, 0.5) is 5.69 Å². The van der Waals surface area contributed by atoms with Crippen LogP contribution in [0.1, 0.15) is 13.3 Å². The second-order valence-electron chi connectivity index (χ2n) is 3.99. The minimum Gasteiger partial charge on any atom is -0.481 e. The monoisotopic (exact) mass is 322 g/mol. The van der Waals surface area contributed by atoms with E-state index in [9.17, 15) is 23.3 Å². The van der Waals surface area contributed by atoms with Crippen LogP contribution in [0.15, 0.2) is 23.1 Å². The van der Waals surface area contributed by atoms with Crippen molar-refractivity contribution in [2.75, 3.05) is 0 Å². The predicted molar refractivity (Wildman–Crippen MR) is 70.1 cm³/mol. The summed E-state index contributed by atoms with van der Waals surface area (Å²) in [6.07, 6.45) is -0.425. The maximum atomic E-state index is 12.0. The van der Waals surface area contributed by atoms with Gasteiger partial charge in [-0.1, -0.05) is 11.6 Å². The quantitative estimate of drug-likeness (QED) is 0.602. The molecule has 0 amide bonds. The van der Waals surface area contributed by atoms with E-state index >= 15 is 0 Å². The highest BCUT2D eigenvalue weighted by Gasteiger charge is 2.24. The highest BCUT2D eigenvalue weighted by atomic mass is 35.5. The molecule has 20 heavy (non-hydrogen) atoms. The van der Waals surface area contributed by atoms with E-state index in [1.807, 2.05) is 0 Å². The van der Waals surface area contributed by atoms with Gasteiger partial charge in [-0.25, -0.2) is 13.1 Å². The number of nitrogens with one attached hydrogen (secondary N) is 1. The van der Waals surface area contributed by atoms with Crippen LogP contribution in [0.5, 0.6) is 0 Å². The van der Waals surface area contributed by atoms with E-state index in [1.54, 1.807) is 0 Å². The molecule has 0 aliphatic rings. The van der Waals surface area contributed by atoms with Gasteiger partial charge in [0.25, 0.3) is 5.69 Å². The van der Waals surface area contributed by atoms with E-state index in [0.717, 1.165) is 18.2 Å². The van der Waals surface area contributed by atoms with Gasteiger partial charge in [-0.2, -0.15) is 0 Å². The molecule has 0 fully saturated rings. The molecule has 0 saturated heterocycles. The average molecular weight is 323 g/mol.